The van der Waals surface area contributed by atoms with Crippen molar-refractivity contribution in [1.82, 2.24) is 30.5 Å². The van der Waals surface area contributed by atoms with E-state index in [1.807, 2.05) is 32.0 Å². The highest BCUT2D eigenvalue weighted by molar-refractivity contribution is 7.90. The molecule has 1 saturated heterocycles. The fourth-order valence-electron chi connectivity index (χ4n) is 4.71. The van der Waals surface area contributed by atoms with Gasteiger partial charge < -0.3 is 14.8 Å². The average Bonchev–Trinajstić information content (AvgIpc) is 2.91. The SMILES string of the molecule is Cc1ncc(C(=O)NCc2cc3nc(-c4ccc(OC5C[C@@H](C)O[C@@H](C)C5)nn4)ccc3cn2)cc1S(C)(=O)=O. The molecule has 208 valence electrons. The minimum Gasteiger partial charge on any atom is -0.473 e. The van der Waals surface area contributed by atoms with E-state index < -0.39 is 15.7 Å². The van der Waals surface area contributed by atoms with Gasteiger partial charge >= 0.3 is 0 Å². The molecule has 4 aromatic heterocycles. The third kappa shape index (κ3) is 6.40. The van der Waals surface area contributed by atoms with E-state index in [-0.39, 0.29) is 35.3 Å². The van der Waals surface area contributed by atoms with Crippen molar-refractivity contribution in [3.63, 3.8) is 0 Å². The largest absolute Gasteiger partial charge is 0.473 e. The van der Waals surface area contributed by atoms with Gasteiger partial charge in [0.25, 0.3) is 5.91 Å². The van der Waals surface area contributed by atoms with Gasteiger partial charge in [0.1, 0.15) is 11.8 Å². The van der Waals surface area contributed by atoms with E-state index in [2.05, 4.69) is 25.5 Å². The van der Waals surface area contributed by atoms with Crippen LogP contribution in [0.5, 0.6) is 5.88 Å². The average molecular weight is 563 g/mol. The Morgan fingerprint density at radius 3 is 2.48 bits per heavy atom. The number of nitrogens with one attached hydrogen (secondary N) is 1. The predicted octanol–water partition coefficient (Wildman–Crippen LogP) is 3.46. The monoisotopic (exact) mass is 562 g/mol. The van der Waals surface area contributed by atoms with Crippen LogP contribution in [-0.2, 0) is 21.1 Å². The number of rotatable bonds is 7. The van der Waals surface area contributed by atoms with Crippen molar-refractivity contribution >= 4 is 26.6 Å². The van der Waals surface area contributed by atoms with Crippen LogP contribution in [0, 0.1) is 6.92 Å². The second-order valence-corrected chi connectivity index (χ2v) is 12.0. The number of sulfone groups is 1. The fraction of sp³-hybridized carbons (Fsp3) is 0.357. The topological polar surface area (TPSA) is 146 Å². The summed E-state index contributed by atoms with van der Waals surface area (Å²) in [6.45, 7) is 5.79. The molecular weight excluding hydrogens is 532 g/mol. The van der Waals surface area contributed by atoms with Crippen molar-refractivity contribution in [2.75, 3.05) is 6.26 Å². The summed E-state index contributed by atoms with van der Waals surface area (Å²) in [4.78, 5) is 25.9. The van der Waals surface area contributed by atoms with Crippen LogP contribution >= 0.6 is 0 Å². The minimum atomic E-state index is -3.51. The minimum absolute atomic E-state index is 0.0242. The zero-order valence-corrected chi connectivity index (χ0v) is 23.5. The number of carbonyl (C=O) groups is 1. The van der Waals surface area contributed by atoms with Gasteiger partial charge in [-0.25, -0.2) is 13.4 Å². The van der Waals surface area contributed by atoms with Gasteiger partial charge in [-0.1, -0.05) is 0 Å². The summed E-state index contributed by atoms with van der Waals surface area (Å²) in [6, 6.07) is 10.5. The van der Waals surface area contributed by atoms with Crippen LogP contribution in [0.15, 0.2) is 53.7 Å². The van der Waals surface area contributed by atoms with Gasteiger partial charge in [-0.15, -0.1) is 10.2 Å². The van der Waals surface area contributed by atoms with E-state index in [0.29, 0.717) is 34.2 Å². The molecule has 0 aromatic carbocycles. The molecule has 0 aliphatic carbocycles. The second kappa shape index (κ2) is 11.2. The first-order chi connectivity index (χ1) is 19.0. The van der Waals surface area contributed by atoms with E-state index in [9.17, 15) is 13.2 Å². The Hall–Kier alpha value is -4.03. The number of carbonyl (C=O) groups excluding carboxylic acids is 1. The van der Waals surface area contributed by atoms with E-state index in [1.165, 1.54) is 12.3 Å². The van der Waals surface area contributed by atoms with Gasteiger partial charge in [0.05, 0.1) is 51.8 Å². The molecule has 40 heavy (non-hydrogen) atoms. The van der Waals surface area contributed by atoms with Crippen LogP contribution in [0.4, 0.5) is 0 Å². The lowest BCUT2D eigenvalue weighted by atomic mass is 10.0. The molecule has 5 heterocycles. The summed E-state index contributed by atoms with van der Waals surface area (Å²) in [5.41, 5.74) is 3.00. The standard InChI is InChI=1S/C28H30N6O5S/c1-16-9-22(10-17(2)38-16)39-27-8-7-24(33-34-27)23-6-5-19-13-30-21(12-25(19)32-23)15-31-28(35)20-11-26(40(4,36)37)18(3)29-14-20/h5-8,11-14,16-17,22H,9-10,15H2,1-4H3,(H,31,35)/t16-,17+,22?. The van der Waals surface area contributed by atoms with Crippen LogP contribution in [0.1, 0.15) is 48.4 Å². The second-order valence-electron chi connectivity index (χ2n) is 10.1. The molecule has 1 aliphatic heterocycles. The van der Waals surface area contributed by atoms with Crippen molar-refractivity contribution < 1.29 is 22.7 Å². The van der Waals surface area contributed by atoms with Crippen LogP contribution in [-0.4, -0.2) is 64.0 Å². The Kier molecular flexibility index (Phi) is 7.72. The van der Waals surface area contributed by atoms with Crippen LogP contribution in [0.25, 0.3) is 22.3 Å². The molecular formula is C28H30N6O5S. The molecule has 1 amide bonds. The van der Waals surface area contributed by atoms with Gasteiger partial charge in [0.2, 0.25) is 5.88 Å². The first-order valence-electron chi connectivity index (χ1n) is 12.9. The van der Waals surface area contributed by atoms with Crippen LogP contribution in [0.3, 0.4) is 0 Å². The first kappa shape index (κ1) is 27.5. The van der Waals surface area contributed by atoms with E-state index in [4.69, 9.17) is 14.5 Å². The molecule has 3 atom stereocenters. The van der Waals surface area contributed by atoms with Gasteiger partial charge in [-0.05, 0) is 51.1 Å². The number of amides is 1. The number of fused-ring (bicyclic) bond motifs is 1. The number of ether oxygens (including phenoxy) is 2. The maximum absolute atomic E-state index is 12.7. The number of aryl methyl sites for hydroxylation is 1. The molecule has 0 saturated carbocycles. The molecule has 4 aromatic rings. The normalized spacial score (nSPS) is 19.4. The van der Waals surface area contributed by atoms with E-state index in [0.717, 1.165) is 24.5 Å². The Morgan fingerprint density at radius 1 is 1.02 bits per heavy atom. The number of pyridine rings is 3. The number of hydrogen-bond acceptors (Lipinski definition) is 10. The summed E-state index contributed by atoms with van der Waals surface area (Å²) >= 11 is 0. The zero-order chi connectivity index (χ0) is 28.4. The predicted molar refractivity (Wildman–Crippen MR) is 147 cm³/mol. The van der Waals surface area contributed by atoms with E-state index in [1.54, 1.807) is 25.3 Å². The number of nitrogens with zero attached hydrogens (tertiary/aromatic N) is 5. The Bertz CT molecular complexity index is 1650. The molecule has 0 spiro atoms. The molecule has 1 aliphatic rings. The highest BCUT2D eigenvalue weighted by Gasteiger charge is 2.26. The summed E-state index contributed by atoms with van der Waals surface area (Å²) < 4.78 is 35.7. The molecule has 12 heteroatoms. The Balaban J connectivity index is 1.27. The number of hydrogen-bond donors (Lipinski definition) is 1. The molecule has 0 bridgehead atoms. The van der Waals surface area contributed by atoms with Crippen LogP contribution < -0.4 is 10.1 Å². The summed E-state index contributed by atoms with van der Waals surface area (Å²) in [5, 5.41) is 12.2. The maximum atomic E-state index is 12.7. The van der Waals surface area contributed by atoms with Gasteiger partial charge in [0, 0.05) is 42.9 Å². The van der Waals surface area contributed by atoms with Crippen molar-refractivity contribution in [1.29, 1.82) is 0 Å². The molecule has 11 nitrogen and oxygen atoms in total. The highest BCUT2D eigenvalue weighted by atomic mass is 32.2. The van der Waals surface area contributed by atoms with Gasteiger partial charge in [-0.3, -0.25) is 14.8 Å². The van der Waals surface area contributed by atoms with Gasteiger partial charge in [-0.2, -0.15) is 0 Å². The molecule has 5 rings (SSSR count). The summed E-state index contributed by atoms with van der Waals surface area (Å²) in [6.07, 6.45) is 6.05. The Morgan fingerprint density at radius 2 is 1.77 bits per heavy atom. The Labute approximate surface area is 232 Å². The summed E-state index contributed by atoms with van der Waals surface area (Å²) in [7, 11) is -3.51. The molecule has 1 fully saturated rings. The third-order valence-corrected chi connectivity index (χ3v) is 7.82. The first-order valence-corrected chi connectivity index (χ1v) is 14.8. The quantitative estimate of drug-likeness (QED) is 0.355. The van der Waals surface area contributed by atoms with Crippen molar-refractivity contribution in [3.8, 4) is 17.3 Å². The van der Waals surface area contributed by atoms with E-state index >= 15 is 0 Å². The molecule has 1 N–H and O–H groups in total. The maximum Gasteiger partial charge on any atom is 0.253 e. The lowest BCUT2D eigenvalue weighted by Gasteiger charge is -2.31. The highest BCUT2D eigenvalue weighted by Crippen LogP contribution is 2.25. The lowest BCUT2D eigenvalue weighted by Crippen LogP contribution is -2.35. The van der Waals surface area contributed by atoms with Gasteiger partial charge in [0.15, 0.2) is 9.84 Å². The third-order valence-electron chi connectivity index (χ3n) is 6.61. The van der Waals surface area contributed by atoms with Crippen LogP contribution in [0.2, 0.25) is 0 Å². The van der Waals surface area contributed by atoms with Crippen molar-refractivity contribution in [3.05, 3.63) is 65.7 Å². The van der Waals surface area contributed by atoms with Crippen molar-refractivity contribution in [2.24, 2.45) is 0 Å². The van der Waals surface area contributed by atoms with Crippen molar-refractivity contribution in [2.45, 2.75) is 63.4 Å². The lowest BCUT2D eigenvalue weighted by molar-refractivity contribution is -0.0731. The fourth-order valence-corrected chi connectivity index (χ4v) is 5.64. The molecule has 0 radical (unpaired) electrons. The number of aromatic nitrogens is 5. The molecule has 1 unspecified atom stereocenters. The smallest absolute Gasteiger partial charge is 0.253 e. The summed E-state index contributed by atoms with van der Waals surface area (Å²) in [5.74, 6) is 0.00811. The zero-order valence-electron chi connectivity index (χ0n) is 22.7.